The van der Waals surface area contributed by atoms with Crippen LogP contribution in [-0.4, -0.2) is 17.0 Å². The van der Waals surface area contributed by atoms with Crippen LogP contribution in [0.15, 0.2) is 0 Å². The Morgan fingerprint density at radius 1 is 0.857 bits per heavy atom. The van der Waals surface area contributed by atoms with Crippen LogP contribution in [0.3, 0.4) is 0 Å². The summed E-state index contributed by atoms with van der Waals surface area (Å²) >= 11 is 7.58. The molecular formula is C16H35O2PS2. The number of hydrogen-bond donors (Lipinski definition) is 0. The normalized spacial score (nSPS) is 13.7. The van der Waals surface area contributed by atoms with Crippen molar-refractivity contribution in [1.29, 1.82) is 0 Å². The van der Waals surface area contributed by atoms with E-state index in [-0.39, 0.29) is 11.2 Å². The van der Waals surface area contributed by atoms with Crippen LogP contribution in [-0.2, 0) is 20.9 Å². The summed E-state index contributed by atoms with van der Waals surface area (Å²) in [6.45, 7) is 14.9. The zero-order valence-corrected chi connectivity index (χ0v) is 17.6. The van der Waals surface area contributed by atoms with Crippen molar-refractivity contribution in [3.05, 3.63) is 0 Å². The Hall–Kier alpha value is 0.920. The van der Waals surface area contributed by atoms with Gasteiger partial charge in [0.1, 0.15) is 0 Å². The highest BCUT2D eigenvalue weighted by Gasteiger charge is 2.34. The minimum absolute atomic E-state index is 0.213. The zero-order valence-electron chi connectivity index (χ0n) is 15.0. The molecule has 0 spiro atoms. The van der Waals surface area contributed by atoms with Gasteiger partial charge in [-0.3, -0.25) is 0 Å². The van der Waals surface area contributed by atoms with Crippen molar-refractivity contribution in [2.75, 3.05) is 5.75 Å². The largest absolute Gasteiger partial charge is 0.316 e. The standard InChI is InChI=1S/C16H35O2PS2/c1-8-11-12-13-14-21-19(20,17-15(4,5)9-2)18-16(6,7)10-3/h8-14H2,1-7H3. The topological polar surface area (TPSA) is 18.5 Å². The fourth-order valence-corrected chi connectivity index (χ4v) is 8.15. The first-order valence-corrected chi connectivity index (χ1v) is 12.5. The summed E-state index contributed by atoms with van der Waals surface area (Å²) in [5.41, 5.74) is -2.72. The smallest absolute Gasteiger partial charge is 0.248 e. The van der Waals surface area contributed by atoms with Crippen LogP contribution in [0, 0.1) is 0 Å². The van der Waals surface area contributed by atoms with E-state index in [4.69, 9.17) is 20.9 Å². The highest BCUT2D eigenvalue weighted by Crippen LogP contribution is 2.65. The molecule has 0 amide bonds. The highest BCUT2D eigenvalue weighted by molar-refractivity contribution is 8.67. The lowest BCUT2D eigenvalue weighted by Gasteiger charge is -2.36. The molecule has 0 aliphatic heterocycles. The van der Waals surface area contributed by atoms with Crippen molar-refractivity contribution in [1.82, 2.24) is 0 Å². The fraction of sp³-hybridized carbons (Fsp3) is 1.00. The predicted molar refractivity (Wildman–Crippen MR) is 102 cm³/mol. The van der Waals surface area contributed by atoms with Crippen molar-refractivity contribution < 1.29 is 9.05 Å². The quantitative estimate of drug-likeness (QED) is 0.279. The van der Waals surface area contributed by atoms with Crippen LogP contribution < -0.4 is 0 Å². The molecule has 0 fully saturated rings. The van der Waals surface area contributed by atoms with Gasteiger partial charge in [-0.2, -0.15) is 0 Å². The Bertz CT molecular complexity index is 308. The van der Waals surface area contributed by atoms with Gasteiger partial charge in [0.05, 0.1) is 11.2 Å². The van der Waals surface area contributed by atoms with Crippen LogP contribution in [0.2, 0.25) is 0 Å². The lowest BCUT2D eigenvalue weighted by atomic mass is 10.1. The number of rotatable bonds is 12. The maximum atomic E-state index is 6.29. The molecule has 0 aromatic heterocycles. The molecule has 21 heavy (non-hydrogen) atoms. The van der Waals surface area contributed by atoms with Crippen LogP contribution in [0.25, 0.3) is 0 Å². The van der Waals surface area contributed by atoms with Crippen LogP contribution in [0.4, 0.5) is 0 Å². The molecule has 0 radical (unpaired) electrons. The SMILES string of the molecule is CCCCCCSP(=S)(OC(C)(C)CC)OC(C)(C)CC. The average Bonchev–Trinajstić information content (AvgIpc) is 2.37. The van der Waals surface area contributed by atoms with Crippen molar-refractivity contribution >= 4 is 28.9 Å². The van der Waals surface area contributed by atoms with E-state index in [0.29, 0.717) is 0 Å². The van der Waals surface area contributed by atoms with Crippen molar-refractivity contribution in [3.63, 3.8) is 0 Å². The Labute approximate surface area is 142 Å². The lowest BCUT2D eigenvalue weighted by Crippen LogP contribution is -2.26. The third-order valence-corrected chi connectivity index (χ3v) is 9.23. The minimum Gasteiger partial charge on any atom is -0.316 e. The second-order valence-electron chi connectivity index (χ2n) is 6.75. The van der Waals surface area contributed by atoms with Crippen molar-refractivity contribution in [2.24, 2.45) is 0 Å². The molecule has 0 heterocycles. The van der Waals surface area contributed by atoms with Crippen molar-refractivity contribution in [2.45, 2.75) is 98.2 Å². The van der Waals surface area contributed by atoms with Gasteiger partial charge in [-0.1, -0.05) is 51.4 Å². The second-order valence-corrected chi connectivity index (χ2v) is 13.0. The zero-order chi connectivity index (χ0) is 16.6. The first-order valence-electron chi connectivity index (χ1n) is 8.26. The summed E-state index contributed by atoms with van der Waals surface area (Å²) < 4.78 is 12.6. The van der Waals surface area contributed by atoms with Crippen LogP contribution >= 0.6 is 17.1 Å². The first kappa shape index (κ1) is 21.9. The van der Waals surface area contributed by atoms with Gasteiger partial charge in [-0.15, -0.1) is 0 Å². The molecule has 128 valence electrons. The Kier molecular flexibility index (Phi) is 10.4. The molecule has 0 aliphatic carbocycles. The maximum Gasteiger partial charge on any atom is 0.248 e. The first-order chi connectivity index (χ1) is 9.60. The van der Waals surface area contributed by atoms with E-state index in [1.807, 2.05) is 0 Å². The van der Waals surface area contributed by atoms with E-state index in [2.05, 4.69) is 48.5 Å². The fourth-order valence-electron chi connectivity index (χ4n) is 1.51. The molecule has 5 heteroatoms. The molecule has 0 bridgehead atoms. The van der Waals surface area contributed by atoms with Crippen LogP contribution in [0.1, 0.15) is 87.0 Å². The summed E-state index contributed by atoms with van der Waals surface area (Å²) in [6, 6.07) is 0. The third kappa shape index (κ3) is 10.3. The van der Waals surface area contributed by atoms with Gasteiger partial charge in [0.25, 0.3) is 0 Å². The average molecular weight is 355 g/mol. The van der Waals surface area contributed by atoms with Gasteiger partial charge in [0, 0.05) is 5.75 Å². The van der Waals surface area contributed by atoms with E-state index in [1.54, 1.807) is 11.4 Å². The molecule has 0 N–H and O–H groups in total. The number of unbranched alkanes of at least 4 members (excludes halogenated alkanes) is 3. The Balaban J connectivity index is 4.72. The Morgan fingerprint density at radius 3 is 1.71 bits per heavy atom. The molecular weight excluding hydrogens is 319 g/mol. The van der Waals surface area contributed by atoms with E-state index < -0.39 is 5.69 Å². The van der Waals surface area contributed by atoms with E-state index in [0.717, 1.165) is 18.6 Å². The highest BCUT2D eigenvalue weighted by atomic mass is 32.9. The van der Waals surface area contributed by atoms with Gasteiger partial charge < -0.3 is 9.05 Å². The minimum atomic E-state index is -2.29. The third-order valence-electron chi connectivity index (χ3n) is 3.67. The molecule has 2 nitrogen and oxygen atoms in total. The van der Waals surface area contributed by atoms with Gasteiger partial charge in [-0.05, 0) is 58.8 Å². The molecule has 0 rings (SSSR count). The molecule has 0 aliphatic rings. The molecule has 0 saturated carbocycles. The summed E-state index contributed by atoms with van der Waals surface area (Å²) in [6.07, 6.45) is 6.91. The Morgan fingerprint density at radius 2 is 1.33 bits per heavy atom. The summed E-state index contributed by atoms with van der Waals surface area (Å²) in [7, 11) is 0. The molecule has 0 aromatic carbocycles. The summed E-state index contributed by atoms with van der Waals surface area (Å²) in [5, 5.41) is 0. The van der Waals surface area contributed by atoms with Gasteiger partial charge in [-0.25, -0.2) is 0 Å². The predicted octanol–water partition coefficient (Wildman–Crippen LogP) is 6.93. The van der Waals surface area contributed by atoms with Gasteiger partial charge in [0.15, 0.2) is 0 Å². The summed E-state index contributed by atoms with van der Waals surface area (Å²) in [4.78, 5) is 0. The van der Waals surface area contributed by atoms with E-state index >= 15 is 0 Å². The van der Waals surface area contributed by atoms with Gasteiger partial charge >= 0.3 is 0 Å². The molecule has 0 unspecified atom stereocenters. The molecule has 0 atom stereocenters. The monoisotopic (exact) mass is 354 g/mol. The van der Waals surface area contributed by atoms with E-state index in [9.17, 15) is 0 Å². The molecule has 0 aromatic rings. The number of hydrogen-bond acceptors (Lipinski definition) is 4. The lowest BCUT2D eigenvalue weighted by molar-refractivity contribution is 0.0562. The molecule has 0 saturated heterocycles. The maximum absolute atomic E-state index is 6.29. The summed E-state index contributed by atoms with van der Waals surface area (Å²) in [5.74, 6) is 1.04. The van der Waals surface area contributed by atoms with E-state index in [1.165, 1.54) is 25.7 Å². The van der Waals surface area contributed by atoms with Crippen LogP contribution in [0.5, 0.6) is 0 Å². The van der Waals surface area contributed by atoms with Crippen molar-refractivity contribution in [3.8, 4) is 0 Å². The second kappa shape index (κ2) is 9.93. The van der Waals surface area contributed by atoms with Gasteiger partial charge in [0.2, 0.25) is 5.69 Å².